The fourth-order valence-electron chi connectivity index (χ4n) is 1.51. The van der Waals surface area contributed by atoms with Crippen molar-refractivity contribution in [3.8, 4) is 5.75 Å². The maximum Gasteiger partial charge on any atom is 0.134 e. The number of nitrogens with two attached hydrogens (primary N) is 1. The molecule has 0 amide bonds. The third-order valence-corrected chi connectivity index (χ3v) is 2.23. The van der Waals surface area contributed by atoms with Gasteiger partial charge in [-0.15, -0.1) is 19.0 Å². The molecule has 0 aromatic heterocycles. The average Bonchev–Trinajstić information content (AvgIpc) is 2.15. The van der Waals surface area contributed by atoms with E-state index >= 15 is 0 Å². The van der Waals surface area contributed by atoms with Gasteiger partial charge in [-0.05, 0) is 13.3 Å². The van der Waals surface area contributed by atoms with Gasteiger partial charge in [0.1, 0.15) is 17.4 Å². The predicted molar refractivity (Wildman–Crippen MR) is 66.5 cm³/mol. The second-order valence-corrected chi connectivity index (χ2v) is 3.77. The molecule has 0 aliphatic carbocycles. The van der Waals surface area contributed by atoms with Gasteiger partial charge in [0.25, 0.3) is 0 Å². The topological polar surface area (TPSA) is 35.2 Å². The Kier molecular flexibility index (Phi) is 6.13. The van der Waals surface area contributed by atoms with Gasteiger partial charge in [0.2, 0.25) is 0 Å². The Morgan fingerprint density at radius 3 is 2.24 bits per heavy atom. The van der Waals surface area contributed by atoms with E-state index in [4.69, 9.17) is 10.5 Å². The Labute approximate surface area is 106 Å². The van der Waals surface area contributed by atoms with Crippen molar-refractivity contribution >= 4 is 12.4 Å². The first-order valence-electron chi connectivity index (χ1n) is 4.88. The quantitative estimate of drug-likeness (QED) is 0.846. The zero-order valence-electron chi connectivity index (χ0n) is 9.80. The molecule has 5 heteroatoms. The number of halogens is 3. The highest BCUT2D eigenvalue weighted by Crippen LogP contribution is 2.27. The summed E-state index contributed by atoms with van der Waals surface area (Å²) in [6.45, 7) is 5.43. The molecule has 1 aromatic carbocycles. The smallest absolute Gasteiger partial charge is 0.134 e. The molecule has 2 N–H and O–H groups in total. The molecule has 0 aliphatic rings. The third-order valence-electron chi connectivity index (χ3n) is 2.23. The van der Waals surface area contributed by atoms with Gasteiger partial charge in [-0.25, -0.2) is 8.78 Å². The van der Waals surface area contributed by atoms with E-state index in [2.05, 4.69) is 6.58 Å². The lowest BCUT2D eigenvalue weighted by Gasteiger charge is -2.14. The molecule has 0 aliphatic heterocycles. The molecule has 0 saturated heterocycles. The molecule has 1 atom stereocenters. The zero-order valence-corrected chi connectivity index (χ0v) is 10.6. The minimum absolute atomic E-state index is 0. The molecule has 1 rings (SSSR count). The molecule has 2 nitrogen and oxygen atoms in total. The van der Waals surface area contributed by atoms with Crippen molar-refractivity contribution in [1.82, 2.24) is 0 Å². The molecular weight excluding hydrogens is 248 g/mol. The summed E-state index contributed by atoms with van der Waals surface area (Å²) >= 11 is 0. The monoisotopic (exact) mass is 263 g/mol. The van der Waals surface area contributed by atoms with Crippen LogP contribution in [-0.2, 0) is 0 Å². The van der Waals surface area contributed by atoms with Crippen LogP contribution in [0.5, 0.6) is 5.75 Å². The minimum Gasteiger partial charge on any atom is -0.497 e. The number of hydrogen-bond acceptors (Lipinski definition) is 2. The summed E-state index contributed by atoms with van der Waals surface area (Å²) < 4.78 is 31.9. The van der Waals surface area contributed by atoms with Crippen LogP contribution in [0.15, 0.2) is 24.3 Å². The lowest BCUT2D eigenvalue weighted by Crippen LogP contribution is -2.14. The van der Waals surface area contributed by atoms with Crippen molar-refractivity contribution in [3.63, 3.8) is 0 Å². The van der Waals surface area contributed by atoms with Crippen LogP contribution in [0.2, 0.25) is 0 Å². The molecule has 0 radical (unpaired) electrons. The van der Waals surface area contributed by atoms with Crippen LogP contribution in [0.1, 0.15) is 24.9 Å². The van der Waals surface area contributed by atoms with E-state index < -0.39 is 17.7 Å². The van der Waals surface area contributed by atoms with E-state index in [9.17, 15) is 8.78 Å². The number of rotatable bonds is 4. The van der Waals surface area contributed by atoms with E-state index in [1.165, 1.54) is 7.11 Å². The molecule has 0 unspecified atom stereocenters. The van der Waals surface area contributed by atoms with Crippen LogP contribution in [0.4, 0.5) is 8.78 Å². The van der Waals surface area contributed by atoms with Gasteiger partial charge >= 0.3 is 0 Å². The molecule has 96 valence electrons. The van der Waals surface area contributed by atoms with Gasteiger partial charge in [-0.1, -0.05) is 5.57 Å². The van der Waals surface area contributed by atoms with E-state index in [1.807, 2.05) is 0 Å². The van der Waals surface area contributed by atoms with E-state index in [0.717, 1.165) is 17.7 Å². The third kappa shape index (κ3) is 3.98. The minimum atomic E-state index is -0.719. The molecule has 0 spiro atoms. The first-order chi connectivity index (χ1) is 7.45. The Balaban J connectivity index is 0.00000256. The number of benzene rings is 1. The van der Waals surface area contributed by atoms with Crippen LogP contribution >= 0.6 is 12.4 Å². The summed E-state index contributed by atoms with van der Waals surface area (Å²) in [5.41, 5.74) is 6.37. The van der Waals surface area contributed by atoms with Crippen LogP contribution in [0.3, 0.4) is 0 Å². The Hall–Kier alpha value is -1.13. The van der Waals surface area contributed by atoms with Crippen LogP contribution in [-0.4, -0.2) is 7.11 Å². The van der Waals surface area contributed by atoms with Crippen LogP contribution in [0.25, 0.3) is 0 Å². The fraction of sp³-hybridized carbons (Fsp3) is 0.333. The molecule has 0 bridgehead atoms. The summed E-state index contributed by atoms with van der Waals surface area (Å²) in [6, 6.07) is 1.52. The highest BCUT2D eigenvalue weighted by Gasteiger charge is 2.18. The first kappa shape index (κ1) is 15.9. The Bertz CT molecular complexity index is 386. The van der Waals surface area contributed by atoms with E-state index in [-0.39, 0.29) is 23.7 Å². The summed E-state index contributed by atoms with van der Waals surface area (Å²) in [7, 11) is 1.35. The summed E-state index contributed by atoms with van der Waals surface area (Å²) in [5.74, 6) is -1.24. The van der Waals surface area contributed by atoms with Gasteiger partial charge in [-0.2, -0.15) is 0 Å². The second-order valence-electron chi connectivity index (χ2n) is 3.77. The van der Waals surface area contributed by atoms with Crippen molar-refractivity contribution in [2.75, 3.05) is 7.11 Å². The largest absolute Gasteiger partial charge is 0.497 e. The molecule has 0 saturated carbocycles. The van der Waals surface area contributed by atoms with Gasteiger partial charge in [0.05, 0.1) is 7.11 Å². The second kappa shape index (κ2) is 6.57. The molecule has 0 heterocycles. The highest BCUT2D eigenvalue weighted by atomic mass is 35.5. The summed E-state index contributed by atoms with van der Waals surface area (Å²) in [6.07, 6.45) is 0.347. The number of hydrogen-bond donors (Lipinski definition) is 1. The number of ether oxygens (including phenoxy) is 1. The predicted octanol–water partition coefficient (Wildman–Crippen LogP) is 3.36. The maximum atomic E-state index is 13.6. The van der Waals surface area contributed by atoms with Crippen molar-refractivity contribution in [3.05, 3.63) is 41.5 Å². The van der Waals surface area contributed by atoms with Crippen molar-refractivity contribution in [2.45, 2.75) is 19.4 Å². The summed E-state index contributed by atoms with van der Waals surface area (Å²) in [5, 5.41) is 0. The standard InChI is InChI=1S/C12H15F2NO.ClH/c1-7(2)4-11(15)12-9(13)5-8(16-3)6-10(12)14;/h5-6,11H,1,4,15H2,2-3H3;1H/t11-;/m0./s1. The van der Waals surface area contributed by atoms with E-state index in [0.29, 0.717) is 6.42 Å². The molecule has 17 heavy (non-hydrogen) atoms. The van der Waals surface area contributed by atoms with Crippen LogP contribution < -0.4 is 10.5 Å². The SMILES string of the molecule is C=C(C)C[C@H](N)c1c(F)cc(OC)cc1F.Cl. The maximum absolute atomic E-state index is 13.6. The highest BCUT2D eigenvalue weighted by molar-refractivity contribution is 5.85. The normalized spacial score (nSPS) is 11.6. The molecule has 1 aromatic rings. The lowest BCUT2D eigenvalue weighted by atomic mass is 10.00. The first-order valence-corrected chi connectivity index (χ1v) is 4.88. The van der Waals surface area contributed by atoms with Gasteiger partial charge in [-0.3, -0.25) is 0 Å². The van der Waals surface area contributed by atoms with Crippen molar-refractivity contribution in [2.24, 2.45) is 5.73 Å². The Morgan fingerprint density at radius 1 is 1.41 bits per heavy atom. The number of methoxy groups -OCH3 is 1. The average molecular weight is 264 g/mol. The van der Waals surface area contributed by atoms with E-state index in [1.54, 1.807) is 6.92 Å². The van der Waals surface area contributed by atoms with Gasteiger partial charge in [0, 0.05) is 23.7 Å². The Morgan fingerprint density at radius 2 is 1.88 bits per heavy atom. The zero-order chi connectivity index (χ0) is 12.3. The molecule has 0 fully saturated rings. The van der Waals surface area contributed by atoms with Gasteiger partial charge < -0.3 is 10.5 Å². The van der Waals surface area contributed by atoms with Crippen molar-refractivity contribution < 1.29 is 13.5 Å². The lowest BCUT2D eigenvalue weighted by molar-refractivity contribution is 0.403. The van der Waals surface area contributed by atoms with Crippen molar-refractivity contribution in [1.29, 1.82) is 0 Å². The van der Waals surface area contributed by atoms with Gasteiger partial charge in [0.15, 0.2) is 0 Å². The van der Waals surface area contributed by atoms with Crippen LogP contribution in [0, 0.1) is 11.6 Å². The molecular formula is C12H16ClF2NO. The summed E-state index contributed by atoms with van der Waals surface area (Å²) in [4.78, 5) is 0. The fourth-order valence-corrected chi connectivity index (χ4v) is 1.51.